The zero-order chi connectivity index (χ0) is 12.8. The van der Waals surface area contributed by atoms with E-state index in [2.05, 4.69) is 26.1 Å². The van der Waals surface area contributed by atoms with Crippen molar-refractivity contribution in [1.82, 2.24) is 5.32 Å². The number of hydrogen-bond donors (Lipinski definition) is 1. The van der Waals surface area contributed by atoms with E-state index in [1.165, 1.54) is 6.42 Å². The lowest BCUT2D eigenvalue weighted by Crippen LogP contribution is -2.35. The van der Waals surface area contributed by atoms with E-state index in [4.69, 9.17) is 0 Å². The number of carbonyl (C=O) groups excluding carboxylic acids is 1. The molecule has 0 bridgehead atoms. The Kier molecular flexibility index (Phi) is 6.89. The van der Waals surface area contributed by atoms with Gasteiger partial charge in [0.2, 0.25) is 0 Å². The molecule has 0 aromatic rings. The number of rotatable bonds is 7. The highest BCUT2D eigenvalue weighted by Gasteiger charge is 2.21. The molecule has 96 valence electrons. The molecule has 0 rings (SSSR count). The predicted octanol–water partition coefficient (Wildman–Crippen LogP) is 3.55. The fourth-order valence-corrected chi connectivity index (χ4v) is 1.81. The van der Waals surface area contributed by atoms with Gasteiger partial charge >= 0.3 is 0 Å². The van der Waals surface area contributed by atoms with Crippen molar-refractivity contribution in [2.45, 2.75) is 79.3 Å². The number of Topliss-reactive ketones (excluding diaryl/α,β-unsaturated/α-hetero) is 1. The van der Waals surface area contributed by atoms with Gasteiger partial charge in [0.25, 0.3) is 0 Å². The number of ketones is 1. The number of carbonyl (C=O) groups is 1. The summed E-state index contributed by atoms with van der Waals surface area (Å²) in [6, 6.07) is 0.998. The van der Waals surface area contributed by atoms with Gasteiger partial charge in [-0.15, -0.1) is 0 Å². The summed E-state index contributed by atoms with van der Waals surface area (Å²) in [4.78, 5) is 11.8. The molecule has 0 aliphatic heterocycles. The Hall–Kier alpha value is -0.370. The molecule has 0 saturated carbocycles. The van der Waals surface area contributed by atoms with Gasteiger partial charge in [-0.05, 0) is 12.8 Å². The lowest BCUT2D eigenvalue weighted by molar-refractivity contribution is -0.126. The van der Waals surface area contributed by atoms with Crippen molar-refractivity contribution in [2.24, 2.45) is 5.41 Å². The summed E-state index contributed by atoms with van der Waals surface area (Å²) < 4.78 is 0. The van der Waals surface area contributed by atoms with Gasteiger partial charge in [0.1, 0.15) is 5.78 Å². The van der Waals surface area contributed by atoms with E-state index in [0.717, 1.165) is 12.8 Å². The SMILES string of the molecule is CCCC(CCC(=O)C(C)(C)C)NC(C)C. The summed E-state index contributed by atoms with van der Waals surface area (Å²) in [6.45, 7) is 12.5. The van der Waals surface area contributed by atoms with E-state index in [-0.39, 0.29) is 5.41 Å². The molecule has 16 heavy (non-hydrogen) atoms. The van der Waals surface area contributed by atoms with Gasteiger partial charge < -0.3 is 5.32 Å². The van der Waals surface area contributed by atoms with Crippen LogP contribution < -0.4 is 5.32 Å². The average molecular weight is 227 g/mol. The largest absolute Gasteiger partial charge is 0.312 e. The molecule has 0 aliphatic rings. The summed E-state index contributed by atoms with van der Waals surface area (Å²) in [5.41, 5.74) is -0.186. The smallest absolute Gasteiger partial charge is 0.138 e. The van der Waals surface area contributed by atoms with Crippen molar-refractivity contribution >= 4 is 5.78 Å². The zero-order valence-corrected chi connectivity index (χ0v) is 11.9. The standard InChI is InChI=1S/C14H29NO/c1-7-8-12(15-11(2)3)9-10-13(16)14(4,5)6/h11-12,15H,7-10H2,1-6H3. The highest BCUT2D eigenvalue weighted by molar-refractivity contribution is 5.83. The van der Waals surface area contributed by atoms with Gasteiger partial charge in [-0.1, -0.05) is 48.0 Å². The maximum atomic E-state index is 11.8. The highest BCUT2D eigenvalue weighted by atomic mass is 16.1. The minimum atomic E-state index is -0.186. The quantitative estimate of drug-likeness (QED) is 0.720. The first-order valence-electron chi connectivity index (χ1n) is 6.56. The third-order valence-electron chi connectivity index (χ3n) is 2.76. The van der Waals surface area contributed by atoms with Crippen LogP contribution in [0.4, 0.5) is 0 Å². The third-order valence-corrected chi connectivity index (χ3v) is 2.76. The highest BCUT2D eigenvalue weighted by Crippen LogP contribution is 2.19. The van der Waals surface area contributed by atoms with E-state index >= 15 is 0 Å². The van der Waals surface area contributed by atoms with E-state index in [0.29, 0.717) is 24.3 Å². The molecule has 0 radical (unpaired) electrons. The van der Waals surface area contributed by atoms with Crippen molar-refractivity contribution < 1.29 is 4.79 Å². The van der Waals surface area contributed by atoms with E-state index in [1.54, 1.807) is 0 Å². The van der Waals surface area contributed by atoms with Gasteiger partial charge in [0, 0.05) is 23.9 Å². The van der Waals surface area contributed by atoms with Crippen LogP contribution in [-0.2, 0) is 4.79 Å². The molecule has 1 unspecified atom stereocenters. The molecule has 0 aromatic carbocycles. The first-order valence-corrected chi connectivity index (χ1v) is 6.56. The average Bonchev–Trinajstić information content (AvgIpc) is 2.11. The van der Waals surface area contributed by atoms with Gasteiger partial charge in [-0.3, -0.25) is 4.79 Å². The van der Waals surface area contributed by atoms with Crippen LogP contribution in [-0.4, -0.2) is 17.9 Å². The van der Waals surface area contributed by atoms with Crippen molar-refractivity contribution in [2.75, 3.05) is 0 Å². The molecule has 1 N–H and O–H groups in total. The van der Waals surface area contributed by atoms with Gasteiger partial charge in [0.15, 0.2) is 0 Å². The first-order chi connectivity index (χ1) is 7.27. The van der Waals surface area contributed by atoms with Crippen molar-refractivity contribution in [3.8, 4) is 0 Å². The summed E-state index contributed by atoms with van der Waals surface area (Å²) >= 11 is 0. The van der Waals surface area contributed by atoms with Crippen LogP contribution >= 0.6 is 0 Å². The van der Waals surface area contributed by atoms with Crippen LogP contribution in [0, 0.1) is 5.41 Å². The molecular weight excluding hydrogens is 198 g/mol. The van der Waals surface area contributed by atoms with E-state index in [9.17, 15) is 4.79 Å². The van der Waals surface area contributed by atoms with Gasteiger partial charge in [-0.2, -0.15) is 0 Å². The molecule has 0 heterocycles. The van der Waals surface area contributed by atoms with Crippen LogP contribution in [0.3, 0.4) is 0 Å². The van der Waals surface area contributed by atoms with Crippen LogP contribution in [0.5, 0.6) is 0 Å². The van der Waals surface area contributed by atoms with Crippen molar-refractivity contribution in [3.63, 3.8) is 0 Å². The number of hydrogen-bond acceptors (Lipinski definition) is 2. The zero-order valence-electron chi connectivity index (χ0n) is 11.9. The molecule has 0 fully saturated rings. The fraction of sp³-hybridized carbons (Fsp3) is 0.929. The Bertz CT molecular complexity index is 203. The summed E-state index contributed by atoms with van der Waals surface area (Å²) in [5, 5.41) is 3.54. The summed E-state index contributed by atoms with van der Waals surface area (Å²) in [7, 11) is 0. The van der Waals surface area contributed by atoms with Gasteiger partial charge in [0.05, 0.1) is 0 Å². The Morgan fingerprint density at radius 3 is 2.12 bits per heavy atom. The predicted molar refractivity (Wildman–Crippen MR) is 70.7 cm³/mol. The van der Waals surface area contributed by atoms with E-state index < -0.39 is 0 Å². The fourth-order valence-electron chi connectivity index (χ4n) is 1.81. The van der Waals surface area contributed by atoms with Gasteiger partial charge in [-0.25, -0.2) is 0 Å². The topological polar surface area (TPSA) is 29.1 Å². The second-order valence-corrected chi connectivity index (χ2v) is 6.02. The second-order valence-electron chi connectivity index (χ2n) is 6.02. The lowest BCUT2D eigenvalue weighted by atomic mass is 9.87. The van der Waals surface area contributed by atoms with Crippen LogP contribution in [0.1, 0.15) is 67.2 Å². The Morgan fingerprint density at radius 1 is 1.19 bits per heavy atom. The molecule has 0 aliphatic carbocycles. The molecule has 0 saturated heterocycles. The third kappa shape index (κ3) is 7.00. The van der Waals surface area contributed by atoms with Crippen LogP contribution in [0.2, 0.25) is 0 Å². The maximum absolute atomic E-state index is 11.8. The molecular formula is C14H29NO. The normalized spacial score (nSPS) is 14.2. The second kappa shape index (κ2) is 7.05. The molecule has 0 aromatic heterocycles. The first kappa shape index (κ1) is 15.6. The monoisotopic (exact) mass is 227 g/mol. The molecule has 1 atom stereocenters. The lowest BCUT2D eigenvalue weighted by Gasteiger charge is -2.22. The summed E-state index contributed by atoms with van der Waals surface area (Å²) in [5.74, 6) is 0.374. The van der Waals surface area contributed by atoms with Crippen LogP contribution in [0.25, 0.3) is 0 Å². The maximum Gasteiger partial charge on any atom is 0.138 e. The molecule has 2 nitrogen and oxygen atoms in total. The van der Waals surface area contributed by atoms with E-state index in [1.807, 2.05) is 20.8 Å². The molecule has 2 heteroatoms. The summed E-state index contributed by atoms with van der Waals surface area (Å²) in [6.07, 6.45) is 4.01. The Morgan fingerprint density at radius 2 is 1.75 bits per heavy atom. The van der Waals surface area contributed by atoms with Crippen LogP contribution in [0.15, 0.2) is 0 Å². The van der Waals surface area contributed by atoms with Crippen molar-refractivity contribution in [3.05, 3.63) is 0 Å². The van der Waals surface area contributed by atoms with Crippen molar-refractivity contribution in [1.29, 1.82) is 0 Å². The minimum Gasteiger partial charge on any atom is -0.312 e. The minimum absolute atomic E-state index is 0.186. The Balaban J connectivity index is 4.06. The molecule has 0 amide bonds. The molecule has 0 spiro atoms. The number of nitrogens with one attached hydrogen (secondary N) is 1. The Labute approximate surface area is 101 Å².